The Labute approximate surface area is 125 Å². The van der Waals surface area contributed by atoms with Gasteiger partial charge in [0.05, 0.1) is 16.6 Å². The molecule has 0 saturated carbocycles. The molecule has 1 aliphatic heterocycles. The monoisotopic (exact) mass is 301 g/mol. The topological polar surface area (TPSA) is 19.4 Å². The van der Waals surface area contributed by atoms with Crippen LogP contribution in [0.4, 0.5) is 0 Å². The second-order valence-electron chi connectivity index (χ2n) is 5.65. The van der Waals surface area contributed by atoms with Crippen LogP contribution in [0.5, 0.6) is 0 Å². The van der Waals surface area contributed by atoms with E-state index in [1.165, 1.54) is 37.5 Å². The molecule has 1 fully saturated rings. The van der Waals surface area contributed by atoms with Gasteiger partial charge in [0.15, 0.2) is 0 Å². The minimum absolute atomic E-state index is 0.533. The SMILES string of the molecule is CN(CCCc1nc(CCl)cs1)CC1CCN(C)C1. The fourth-order valence-electron chi connectivity index (χ4n) is 2.73. The second kappa shape index (κ2) is 7.58. The van der Waals surface area contributed by atoms with E-state index < -0.39 is 0 Å². The van der Waals surface area contributed by atoms with Gasteiger partial charge < -0.3 is 9.80 Å². The highest BCUT2D eigenvalue weighted by atomic mass is 35.5. The molecule has 1 saturated heterocycles. The molecule has 0 bridgehead atoms. The molecule has 0 spiro atoms. The quantitative estimate of drug-likeness (QED) is 0.722. The van der Waals surface area contributed by atoms with Crippen LogP contribution in [-0.2, 0) is 12.3 Å². The fourth-order valence-corrected chi connectivity index (χ4v) is 3.80. The Kier molecular flexibility index (Phi) is 6.07. The van der Waals surface area contributed by atoms with E-state index in [2.05, 4.69) is 34.3 Å². The van der Waals surface area contributed by atoms with Gasteiger partial charge >= 0.3 is 0 Å². The first-order valence-corrected chi connectivity index (χ1v) is 8.45. The van der Waals surface area contributed by atoms with Gasteiger partial charge in [0, 0.05) is 24.9 Å². The van der Waals surface area contributed by atoms with Crippen molar-refractivity contribution < 1.29 is 0 Å². The maximum Gasteiger partial charge on any atom is 0.0929 e. The number of likely N-dealkylation sites (tertiary alicyclic amines) is 1. The predicted molar refractivity (Wildman–Crippen MR) is 83.1 cm³/mol. The van der Waals surface area contributed by atoms with Crippen LogP contribution in [0, 0.1) is 5.92 Å². The van der Waals surface area contributed by atoms with E-state index >= 15 is 0 Å². The lowest BCUT2D eigenvalue weighted by Crippen LogP contribution is -2.28. The van der Waals surface area contributed by atoms with Crippen LogP contribution < -0.4 is 0 Å². The Morgan fingerprint density at radius 3 is 3.05 bits per heavy atom. The molecular formula is C14H24ClN3S. The molecule has 0 aromatic carbocycles. The summed E-state index contributed by atoms with van der Waals surface area (Å²) in [5.41, 5.74) is 1.02. The van der Waals surface area contributed by atoms with Crippen molar-refractivity contribution in [2.45, 2.75) is 25.1 Å². The maximum atomic E-state index is 5.76. The minimum atomic E-state index is 0.533. The number of alkyl halides is 1. The van der Waals surface area contributed by atoms with E-state index in [1.807, 2.05) is 0 Å². The van der Waals surface area contributed by atoms with Crippen molar-refractivity contribution >= 4 is 22.9 Å². The summed E-state index contributed by atoms with van der Waals surface area (Å²) in [6.07, 6.45) is 3.62. The van der Waals surface area contributed by atoms with Crippen LogP contribution in [0.2, 0.25) is 0 Å². The van der Waals surface area contributed by atoms with Crippen molar-refractivity contribution in [3.05, 3.63) is 16.1 Å². The van der Waals surface area contributed by atoms with Gasteiger partial charge in [0.25, 0.3) is 0 Å². The number of aryl methyl sites for hydroxylation is 1. The highest BCUT2D eigenvalue weighted by Gasteiger charge is 2.20. The Hall–Kier alpha value is -0.160. The Morgan fingerprint density at radius 2 is 2.42 bits per heavy atom. The summed E-state index contributed by atoms with van der Waals surface area (Å²) in [5, 5.41) is 3.30. The van der Waals surface area contributed by atoms with Crippen LogP contribution in [0.15, 0.2) is 5.38 Å². The maximum absolute atomic E-state index is 5.76. The molecule has 2 rings (SSSR count). The highest BCUT2D eigenvalue weighted by molar-refractivity contribution is 7.09. The molecule has 19 heavy (non-hydrogen) atoms. The molecule has 1 aliphatic rings. The van der Waals surface area contributed by atoms with Gasteiger partial charge in [0.1, 0.15) is 0 Å². The lowest BCUT2D eigenvalue weighted by atomic mass is 10.1. The van der Waals surface area contributed by atoms with E-state index in [4.69, 9.17) is 11.6 Å². The van der Waals surface area contributed by atoms with Gasteiger partial charge in [-0.3, -0.25) is 0 Å². The van der Waals surface area contributed by atoms with Crippen molar-refractivity contribution in [3.8, 4) is 0 Å². The molecule has 0 N–H and O–H groups in total. The number of aromatic nitrogens is 1. The molecule has 0 aliphatic carbocycles. The summed E-state index contributed by atoms with van der Waals surface area (Å²) in [5.74, 6) is 1.39. The Balaban J connectivity index is 1.62. The van der Waals surface area contributed by atoms with Crippen LogP contribution in [0.1, 0.15) is 23.5 Å². The second-order valence-corrected chi connectivity index (χ2v) is 6.86. The first kappa shape index (κ1) is 15.2. The van der Waals surface area contributed by atoms with Crippen LogP contribution in [-0.4, -0.2) is 55.1 Å². The first-order valence-electron chi connectivity index (χ1n) is 7.03. The van der Waals surface area contributed by atoms with Gasteiger partial charge in [-0.25, -0.2) is 4.98 Å². The van der Waals surface area contributed by atoms with E-state index in [9.17, 15) is 0 Å². The lowest BCUT2D eigenvalue weighted by molar-refractivity contribution is 0.271. The van der Waals surface area contributed by atoms with Gasteiger partial charge in [-0.1, -0.05) is 0 Å². The normalized spacial score (nSPS) is 20.5. The zero-order chi connectivity index (χ0) is 13.7. The lowest BCUT2D eigenvalue weighted by Gasteiger charge is -2.20. The van der Waals surface area contributed by atoms with E-state index in [0.717, 1.165) is 24.6 Å². The van der Waals surface area contributed by atoms with E-state index in [1.54, 1.807) is 11.3 Å². The smallest absolute Gasteiger partial charge is 0.0929 e. The van der Waals surface area contributed by atoms with E-state index in [-0.39, 0.29) is 0 Å². The third-order valence-electron chi connectivity index (χ3n) is 3.73. The summed E-state index contributed by atoms with van der Waals surface area (Å²) in [6.45, 7) is 4.92. The van der Waals surface area contributed by atoms with Crippen molar-refractivity contribution in [3.63, 3.8) is 0 Å². The van der Waals surface area contributed by atoms with Crippen molar-refractivity contribution in [2.24, 2.45) is 5.92 Å². The number of hydrogen-bond acceptors (Lipinski definition) is 4. The molecule has 1 aromatic heterocycles. The standard InChI is InChI=1S/C14H24ClN3S/c1-17(9-12-5-7-18(2)10-12)6-3-4-14-16-13(8-15)11-19-14/h11-12H,3-10H2,1-2H3. The molecule has 2 heterocycles. The van der Waals surface area contributed by atoms with Gasteiger partial charge in [-0.05, 0) is 45.9 Å². The van der Waals surface area contributed by atoms with Gasteiger partial charge in [-0.15, -0.1) is 22.9 Å². The van der Waals surface area contributed by atoms with Crippen molar-refractivity contribution in [1.82, 2.24) is 14.8 Å². The first-order chi connectivity index (χ1) is 9.17. The summed E-state index contributed by atoms with van der Waals surface area (Å²) in [6, 6.07) is 0. The molecule has 0 radical (unpaired) electrons. The molecule has 1 unspecified atom stereocenters. The number of thiazole rings is 1. The molecule has 0 amide bonds. The van der Waals surface area contributed by atoms with Gasteiger partial charge in [0.2, 0.25) is 0 Å². The number of hydrogen-bond donors (Lipinski definition) is 0. The minimum Gasteiger partial charge on any atom is -0.306 e. The largest absolute Gasteiger partial charge is 0.306 e. The molecule has 1 aromatic rings. The zero-order valence-electron chi connectivity index (χ0n) is 11.9. The summed E-state index contributed by atoms with van der Waals surface area (Å²) in [7, 11) is 4.46. The van der Waals surface area contributed by atoms with Crippen molar-refractivity contribution in [2.75, 3.05) is 40.3 Å². The molecule has 5 heteroatoms. The number of rotatable bonds is 7. The van der Waals surface area contributed by atoms with Crippen LogP contribution >= 0.6 is 22.9 Å². The molecule has 3 nitrogen and oxygen atoms in total. The third kappa shape index (κ3) is 5.03. The fraction of sp³-hybridized carbons (Fsp3) is 0.786. The zero-order valence-corrected chi connectivity index (χ0v) is 13.5. The molecular weight excluding hydrogens is 278 g/mol. The number of nitrogens with zero attached hydrogens (tertiary/aromatic N) is 3. The van der Waals surface area contributed by atoms with E-state index in [0.29, 0.717) is 5.88 Å². The van der Waals surface area contributed by atoms with Crippen LogP contribution in [0.25, 0.3) is 0 Å². The van der Waals surface area contributed by atoms with Crippen molar-refractivity contribution in [1.29, 1.82) is 0 Å². The molecule has 1 atom stereocenters. The average Bonchev–Trinajstić information content (AvgIpc) is 2.98. The Bertz CT molecular complexity index is 383. The number of halogens is 1. The van der Waals surface area contributed by atoms with Crippen LogP contribution in [0.3, 0.4) is 0 Å². The summed E-state index contributed by atoms with van der Waals surface area (Å²) in [4.78, 5) is 9.40. The predicted octanol–water partition coefficient (Wildman–Crippen LogP) is 2.70. The van der Waals surface area contributed by atoms with Gasteiger partial charge in [-0.2, -0.15) is 0 Å². The highest BCUT2D eigenvalue weighted by Crippen LogP contribution is 2.16. The summed E-state index contributed by atoms with van der Waals surface area (Å²) >= 11 is 7.50. The Morgan fingerprint density at radius 1 is 1.58 bits per heavy atom. The third-order valence-corrected chi connectivity index (χ3v) is 4.96. The molecule has 108 valence electrons. The average molecular weight is 302 g/mol. The summed E-state index contributed by atoms with van der Waals surface area (Å²) < 4.78 is 0.